The fraction of sp³-hybridized carbons (Fsp3) is 0.389. The SMILES string of the molecule is Cc1nn(C)c(C)c1NC(=O)C(=O)NC(C)CCc1ccccc1. The number of carbonyl (C=O) groups is 2. The minimum Gasteiger partial charge on any atom is -0.345 e. The summed E-state index contributed by atoms with van der Waals surface area (Å²) in [5, 5.41) is 9.60. The van der Waals surface area contributed by atoms with Gasteiger partial charge in [0.05, 0.1) is 17.1 Å². The third kappa shape index (κ3) is 4.44. The van der Waals surface area contributed by atoms with Crippen LogP contribution in [0.25, 0.3) is 0 Å². The number of hydrogen-bond acceptors (Lipinski definition) is 3. The molecule has 2 N–H and O–H groups in total. The molecule has 0 bridgehead atoms. The molecule has 0 aliphatic carbocycles. The van der Waals surface area contributed by atoms with Crippen molar-refractivity contribution >= 4 is 17.5 Å². The maximum absolute atomic E-state index is 12.1. The van der Waals surface area contributed by atoms with E-state index in [4.69, 9.17) is 0 Å². The maximum atomic E-state index is 12.1. The highest BCUT2D eigenvalue weighted by atomic mass is 16.2. The Morgan fingerprint density at radius 1 is 1.17 bits per heavy atom. The van der Waals surface area contributed by atoms with E-state index in [1.165, 1.54) is 5.56 Å². The molecular weight excluding hydrogens is 304 g/mol. The van der Waals surface area contributed by atoms with Crippen molar-refractivity contribution in [1.29, 1.82) is 0 Å². The van der Waals surface area contributed by atoms with Crippen molar-refractivity contribution in [2.24, 2.45) is 7.05 Å². The van der Waals surface area contributed by atoms with E-state index in [1.54, 1.807) is 18.7 Å². The highest BCUT2D eigenvalue weighted by Crippen LogP contribution is 2.18. The predicted octanol–water partition coefficient (Wildman–Crippen LogP) is 2.11. The second-order valence-electron chi connectivity index (χ2n) is 6.02. The van der Waals surface area contributed by atoms with Crippen LogP contribution >= 0.6 is 0 Å². The molecule has 0 aliphatic rings. The molecule has 0 saturated heterocycles. The molecule has 0 aliphatic heterocycles. The van der Waals surface area contributed by atoms with Crippen LogP contribution in [-0.2, 0) is 23.1 Å². The molecule has 0 radical (unpaired) electrons. The molecule has 1 atom stereocenters. The highest BCUT2D eigenvalue weighted by molar-refractivity contribution is 6.39. The molecule has 1 unspecified atom stereocenters. The molecule has 1 heterocycles. The lowest BCUT2D eigenvalue weighted by molar-refractivity contribution is -0.136. The average molecular weight is 328 g/mol. The van der Waals surface area contributed by atoms with E-state index in [0.717, 1.165) is 18.5 Å². The highest BCUT2D eigenvalue weighted by Gasteiger charge is 2.19. The van der Waals surface area contributed by atoms with Crippen molar-refractivity contribution < 1.29 is 9.59 Å². The van der Waals surface area contributed by atoms with Gasteiger partial charge in [-0.15, -0.1) is 0 Å². The molecule has 2 amide bonds. The van der Waals surface area contributed by atoms with Crippen LogP contribution in [0, 0.1) is 13.8 Å². The maximum Gasteiger partial charge on any atom is 0.313 e. The molecule has 2 aromatic rings. The van der Waals surface area contributed by atoms with Gasteiger partial charge in [0.1, 0.15) is 0 Å². The Morgan fingerprint density at radius 2 is 1.83 bits per heavy atom. The largest absolute Gasteiger partial charge is 0.345 e. The third-order valence-electron chi connectivity index (χ3n) is 4.04. The fourth-order valence-corrected chi connectivity index (χ4v) is 2.51. The first-order chi connectivity index (χ1) is 11.4. The van der Waals surface area contributed by atoms with Crippen LogP contribution in [0.1, 0.15) is 30.3 Å². The quantitative estimate of drug-likeness (QED) is 0.826. The second kappa shape index (κ2) is 7.77. The van der Waals surface area contributed by atoms with E-state index in [1.807, 2.05) is 32.0 Å². The zero-order valence-corrected chi connectivity index (χ0v) is 14.6. The second-order valence-corrected chi connectivity index (χ2v) is 6.02. The first-order valence-electron chi connectivity index (χ1n) is 8.04. The van der Waals surface area contributed by atoms with Crippen LogP contribution in [0.2, 0.25) is 0 Å². The average Bonchev–Trinajstić information content (AvgIpc) is 2.80. The summed E-state index contributed by atoms with van der Waals surface area (Å²) in [5.74, 6) is -1.29. The van der Waals surface area contributed by atoms with Crippen LogP contribution in [0.15, 0.2) is 30.3 Å². The molecule has 6 heteroatoms. The van der Waals surface area contributed by atoms with Crippen molar-refractivity contribution in [3.8, 4) is 0 Å². The molecule has 2 rings (SSSR count). The number of benzene rings is 1. The third-order valence-corrected chi connectivity index (χ3v) is 4.04. The summed E-state index contributed by atoms with van der Waals surface area (Å²) >= 11 is 0. The monoisotopic (exact) mass is 328 g/mol. The molecule has 0 saturated carbocycles. The smallest absolute Gasteiger partial charge is 0.313 e. The Balaban J connectivity index is 1.86. The fourth-order valence-electron chi connectivity index (χ4n) is 2.51. The van der Waals surface area contributed by atoms with Crippen LogP contribution in [0.3, 0.4) is 0 Å². The number of aryl methyl sites for hydroxylation is 3. The molecule has 1 aromatic heterocycles. The van der Waals surface area contributed by atoms with Gasteiger partial charge >= 0.3 is 11.8 Å². The molecular formula is C18H24N4O2. The van der Waals surface area contributed by atoms with Crippen LogP contribution in [0.5, 0.6) is 0 Å². The summed E-state index contributed by atoms with van der Waals surface area (Å²) in [5.41, 5.74) is 3.30. The van der Waals surface area contributed by atoms with Crippen molar-refractivity contribution in [3.05, 3.63) is 47.3 Å². The number of nitrogens with zero attached hydrogens (tertiary/aromatic N) is 2. The molecule has 0 fully saturated rings. The Kier molecular flexibility index (Phi) is 5.73. The Morgan fingerprint density at radius 3 is 2.42 bits per heavy atom. The number of hydrogen-bond donors (Lipinski definition) is 2. The van der Waals surface area contributed by atoms with Gasteiger partial charge in [0.15, 0.2) is 0 Å². The summed E-state index contributed by atoms with van der Waals surface area (Å²) in [6.07, 6.45) is 1.62. The Bertz CT molecular complexity index is 722. The van der Waals surface area contributed by atoms with Gasteiger partial charge in [0.25, 0.3) is 0 Å². The number of rotatable bonds is 5. The normalized spacial score (nSPS) is 11.8. The Hall–Kier alpha value is -2.63. The van der Waals surface area contributed by atoms with E-state index in [9.17, 15) is 9.59 Å². The standard InChI is InChI=1S/C18H24N4O2/c1-12(10-11-15-8-6-5-7-9-15)19-17(23)18(24)20-16-13(2)21-22(4)14(16)3/h5-9,12H,10-11H2,1-4H3,(H,19,23)(H,20,24). The molecule has 6 nitrogen and oxygen atoms in total. The van der Waals surface area contributed by atoms with Gasteiger partial charge in [0.2, 0.25) is 0 Å². The summed E-state index contributed by atoms with van der Waals surface area (Å²) < 4.78 is 1.67. The van der Waals surface area contributed by atoms with Gasteiger partial charge in [-0.2, -0.15) is 5.10 Å². The topological polar surface area (TPSA) is 76.0 Å². The molecule has 0 spiro atoms. The van der Waals surface area contributed by atoms with Crippen LogP contribution < -0.4 is 10.6 Å². The van der Waals surface area contributed by atoms with Gasteiger partial charge in [-0.1, -0.05) is 30.3 Å². The van der Waals surface area contributed by atoms with Crippen LogP contribution in [-0.4, -0.2) is 27.6 Å². The minimum atomic E-state index is -0.666. The number of amides is 2. The van der Waals surface area contributed by atoms with E-state index < -0.39 is 11.8 Å². The van der Waals surface area contributed by atoms with Crippen LogP contribution in [0.4, 0.5) is 5.69 Å². The molecule has 128 valence electrons. The number of carbonyl (C=O) groups excluding carboxylic acids is 2. The zero-order chi connectivity index (χ0) is 17.7. The summed E-state index contributed by atoms with van der Waals surface area (Å²) in [4.78, 5) is 24.1. The first kappa shape index (κ1) is 17.7. The summed E-state index contributed by atoms with van der Waals surface area (Å²) in [6, 6.07) is 9.97. The van der Waals surface area contributed by atoms with Crippen molar-refractivity contribution in [2.75, 3.05) is 5.32 Å². The molecule has 1 aromatic carbocycles. The van der Waals surface area contributed by atoms with E-state index in [-0.39, 0.29) is 6.04 Å². The van der Waals surface area contributed by atoms with Crippen molar-refractivity contribution in [2.45, 2.75) is 39.7 Å². The minimum absolute atomic E-state index is 0.0838. The van der Waals surface area contributed by atoms with E-state index >= 15 is 0 Å². The Labute approximate surface area is 142 Å². The van der Waals surface area contributed by atoms with Gasteiger partial charge < -0.3 is 10.6 Å². The number of nitrogens with one attached hydrogen (secondary N) is 2. The lowest BCUT2D eigenvalue weighted by Gasteiger charge is -2.14. The predicted molar refractivity (Wildman–Crippen MR) is 93.7 cm³/mol. The molecule has 24 heavy (non-hydrogen) atoms. The van der Waals surface area contributed by atoms with Gasteiger partial charge in [-0.3, -0.25) is 14.3 Å². The van der Waals surface area contributed by atoms with E-state index in [0.29, 0.717) is 11.4 Å². The zero-order valence-electron chi connectivity index (χ0n) is 14.6. The van der Waals surface area contributed by atoms with Gasteiger partial charge in [-0.05, 0) is 39.2 Å². The van der Waals surface area contributed by atoms with Crippen molar-refractivity contribution in [1.82, 2.24) is 15.1 Å². The summed E-state index contributed by atoms with van der Waals surface area (Å²) in [7, 11) is 1.80. The first-order valence-corrected chi connectivity index (χ1v) is 8.04. The van der Waals surface area contributed by atoms with Gasteiger partial charge in [0, 0.05) is 13.1 Å². The van der Waals surface area contributed by atoms with Gasteiger partial charge in [-0.25, -0.2) is 0 Å². The number of anilines is 1. The summed E-state index contributed by atoms with van der Waals surface area (Å²) in [6.45, 7) is 5.54. The van der Waals surface area contributed by atoms with E-state index in [2.05, 4.69) is 27.9 Å². The lowest BCUT2D eigenvalue weighted by atomic mass is 10.1. The number of aromatic nitrogens is 2. The van der Waals surface area contributed by atoms with Crippen molar-refractivity contribution in [3.63, 3.8) is 0 Å². The lowest BCUT2D eigenvalue weighted by Crippen LogP contribution is -2.40.